The molecule has 0 spiro atoms. The Morgan fingerprint density at radius 2 is 1.94 bits per heavy atom. The normalized spacial score (nSPS) is 21.1. The van der Waals surface area contributed by atoms with Crippen molar-refractivity contribution >= 4 is 17.8 Å². The summed E-state index contributed by atoms with van der Waals surface area (Å²) in [6.07, 6.45) is 4.96. The second kappa shape index (κ2) is 11.4. The summed E-state index contributed by atoms with van der Waals surface area (Å²) >= 11 is 0. The van der Waals surface area contributed by atoms with E-state index in [4.69, 9.17) is 10.5 Å². The second-order valence-electron chi connectivity index (χ2n) is 9.70. The third-order valence-corrected chi connectivity index (χ3v) is 5.57. The van der Waals surface area contributed by atoms with E-state index in [1.165, 1.54) is 0 Å². The molecule has 2 unspecified atom stereocenters. The number of nitrogens with one attached hydrogen (secondary N) is 3. The molecule has 2 rings (SSSR count). The summed E-state index contributed by atoms with van der Waals surface area (Å²) in [5.41, 5.74) is 6.01. The maximum absolute atomic E-state index is 13.2. The number of rotatable bonds is 8. The van der Waals surface area contributed by atoms with Gasteiger partial charge in [0.15, 0.2) is 0 Å². The fourth-order valence-electron chi connectivity index (χ4n) is 3.68. The lowest BCUT2D eigenvalue weighted by Crippen LogP contribution is -2.50. The minimum Gasteiger partial charge on any atom is -0.444 e. The van der Waals surface area contributed by atoms with Gasteiger partial charge in [-0.2, -0.15) is 0 Å². The first kappa shape index (κ1) is 25.1. The number of ether oxygens (including phenoxy) is 1. The number of hydrogen-bond acceptors (Lipinski definition) is 6. The number of carbonyl (C=O) groups is 2. The molecule has 1 aromatic rings. The number of amides is 2. The SMILES string of the molecule is CC1CCC(C(NC(=O)OC(C)(C)C)C(=O)Nc2cc(CNC(C)CN)ccn2)CC1. The van der Waals surface area contributed by atoms with Crippen LogP contribution in [0, 0.1) is 11.8 Å². The van der Waals surface area contributed by atoms with Crippen LogP contribution < -0.4 is 21.7 Å². The molecule has 1 aliphatic carbocycles. The van der Waals surface area contributed by atoms with Crippen LogP contribution in [0.1, 0.15) is 65.9 Å². The van der Waals surface area contributed by atoms with Crippen LogP contribution in [-0.2, 0) is 16.1 Å². The van der Waals surface area contributed by atoms with Crippen LogP contribution >= 0.6 is 0 Å². The molecule has 1 saturated carbocycles. The van der Waals surface area contributed by atoms with Gasteiger partial charge in [-0.1, -0.05) is 19.8 Å². The largest absolute Gasteiger partial charge is 0.444 e. The Hall–Kier alpha value is -2.19. The molecule has 5 N–H and O–H groups in total. The van der Waals surface area contributed by atoms with Gasteiger partial charge in [0, 0.05) is 25.3 Å². The van der Waals surface area contributed by atoms with Crippen LogP contribution in [0.2, 0.25) is 0 Å². The Morgan fingerprint density at radius 3 is 2.55 bits per heavy atom. The van der Waals surface area contributed by atoms with Crippen molar-refractivity contribution in [1.82, 2.24) is 15.6 Å². The maximum atomic E-state index is 13.2. The van der Waals surface area contributed by atoms with Crippen molar-refractivity contribution in [1.29, 1.82) is 0 Å². The van der Waals surface area contributed by atoms with Gasteiger partial charge in [0.25, 0.3) is 0 Å². The maximum Gasteiger partial charge on any atom is 0.408 e. The molecule has 2 amide bonds. The van der Waals surface area contributed by atoms with Crippen LogP contribution in [0.15, 0.2) is 18.3 Å². The fourth-order valence-corrected chi connectivity index (χ4v) is 3.68. The zero-order valence-corrected chi connectivity index (χ0v) is 19.5. The van der Waals surface area contributed by atoms with Gasteiger partial charge in [0.2, 0.25) is 5.91 Å². The molecule has 0 bridgehead atoms. The number of carbonyl (C=O) groups excluding carboxylic acids is 2. The van der Waals surface area contributed by atoms with Crippen LogP contribution in [0.25, 0.3) is 0 Å². The molecule has 31 heavy (non-hydrogen) atoms. The van der Waals surface area contributed by atoms with Crippen molar-refractivity contribution in [2.24, 2.45) is 17.6 Å². The Morgan fingerprint density at radius 1 is 1.26 bits per heavy atom. The van der Waals surface area contributed by atoms with Crippen LogP contribution in [-0.4, -0.2) is 41.2 Å². The predicted octanol–water partition coefficient (Wildman–Crippen LogP) is 3.18. The molecule has 0 radical (unpaired) electrons. The van der Waals surface area contributed by atoms with Crippen molar-refractivity contribution in [3.05, 3.63) is 23.9 Å². The number of hydrogen-bond donors (Lipinski definition) is 4. The average Bonchev–Trinajstić information content (AvgIpc) is 2.70. The zero-order chi connectivity index (χ0) is 23.0. The van der Waals surface area contributed by atoms with Crippen molar-refractivity contribution in [2.45, 2.75) is 84.5 Å². The lowest BCUT2D eigenvalue weighted by atomic mass is 9.79. The molecule has 8 heteroatoms. The zero-order valence-electron chi connectivity index (χ0n) is 19.5. The lowest BCUT2D eigenvalue weighted by Gasteiger charge is -2.32. The Kier molecular flexibility index (Phi) is 9.25. The number of aromatic nitrogens is 1. The Labute approximate surface area is 186 Å². The van der Waals surface area contributed by atoms with Crippen molar-refractivity contribution < 1.29 is 14.3 Å². The molecular weight excluding hydrogens is 394 g/mol. The summed E-state index contributed by atoms with van der Waals surface area (Å²) in [6, 6.07) is 3.26. The van der Waals surface area contributed by atoms with Gasteiger partial charge in [-0.3, -0.25) is 4.79 Å². The van der Waals surface area contributed by atoms with E-state index in [-0.39, 0.29) is 17.9 Å². The van der Waals surface area contributed by atoms with Gasteiger partial charge in [0.1, 0.15) is 17.5 Å². The quantitative estimate of drug-likeness (QED) is 0.500. The third-order valence-electron chi connectivity index (χ3n) is 5.57. The van der Waals surface area contributed by atoms with E-state index in [9.17, 15) is 9.59 Å². The van der Waals surface area contributed by atoms with Gasteiger partial charge >= 0.3 is 6.09 Å². The van der Waals surface area contributed by atoms with Crippen LogP contribution in [0.4, 0.5) is 10.6 Å². The molecule has 0 aliphatic heterocycles. The molecule has 1 aromatic heterocycles. The van der Waals surface area contributed by atoms with Crippen molar-refractivity contribution in [3.63, 3.8) is 0 Å². The topological polar surface area (TPSA) is 118 Å². The molecule has 0 saturated heterocycles. The predicted molar refractivity (Wildman–Crippen MR) is 123 cm³/mol. The van der Waals surface area contributed by atoms with E-state index in [0.717, 1.165) is 31.2 Å². The minimum absolute atomic E-state index is 0.0685. The van der Waals surface area contributed by atoms with E-state index in [0.29, 0.717) is 24.8 Å². The van der Waals surface area contributed by atoms with Gasteiger partial charge in [-0.25, -0.2) is 9.78 Å². The van der Waals surface area contributed by atoms with Gasteiger partial charge in [0.05, 0.1) is 0 Å². The van der Waals surface area contributed by atoms with E-state index < -0.39 is 17.7 Å². The lowest BCUT2D eigenvalue weighted by molar-refractivity contribution is -0.119. The highest BCUT2D eigenvalue weighted by atomic mass is 16.6. The highest BCUT2D eigenvalue weighted by Crippen LogP contribution is 2.31. The standard InChI is InChI=1S/C23H39N5O3/c1-15-6-8-18(9-7-15)20(28-22(30)31-23(3,4)5)21(29)27-19-12-17(10-11-25-19)14-26-16(2)13-24/h10-12,15-16,18,20,26H,6-9,13-14,24H2,1-5H3,(H,28,30)(H,25,27,29). The van der Waals surface area contributed by atoms with Crippen molar-refractivity contribution in [3.8, 4) is 0 Å². The molecular formula is C23H39N5O3. The number of alkyl carbamates (subject to hydrolysis) is 1. The van der Waals surface area contributed by atoms with Gasteiger partial charge in [-0.05, 0) is 70.1 Å². The number of pyridine rings is 1. The second-order valence-corrected chi connectivity index (χ2v) is 9.70. The summed E-state index contributed by atoms with van der Waals surface area (Å²) < 4.78 is 5.40. The summed E-state index contributed by atoms with van der Waals surface area (Å²) in [5.74, 6) is 0.908. The minimum atomic E-state index is -0.664. The number of anilines is 1. The third kappa shape index (κ3) is 8.83. The highest BCUT2D eigenvalue weighted by Gasteiger charge is 2.34. The van der Waals surface area contributed by atoms with E-state index in [1.807, 2.05) is 19.1 Å². The van der Waals surface area contributed by atoms with Crippen molar-refractivity contribution in [2.75, 3.05) is 11.9 Å². The summed E-state index contributed by atoms with van der Waals surface area (Å²) in [4.78, 5) is 29.9. The Balaban J connectivity index is 2.08. The Bertz CT molecular complexity index is 726. The van der Waals surface area contributed by atoms with Gasteiger partial charge in [-0.15, -0.1) is 0 Å². The summed E-state index contributed by atoms with van der Waals surface area (Å²) in [7, 11) is 0. The first-order valence-corrected chi connectivity index (χ1v) is 11.3. The smallest absolute Gasteiger partial charge is 0.408 e. The molecule has 2 atom stereocenters. The monoisotopic (exact) mass is 433 g/mol. The van der Waals surface area contributed by atoms with Gasteiger partial charge < -0.3 is 26.4 Å². The number of nitrogens with zero attached hydrogens (tertiary/aromatic N) is 1. The first-order chi connectivity index (χ1) is 14.6. The summed E-state index contributed by atoms with van der Waals surface area (Å²) in [6.45, 7) is 10.8. The fraction of sp³-hybridized carbons (Fsp3) is 0.696. The molecule has 1 aliphatic rings. The number of nitrogens with two attached hydrogens (primary N) is 1. The van der Waals surface area contributed by atoms with E-state index in [2.05, 4.69) is 27.9 Å². The molecule has 1 fully saturated rings. The summed E-state index contributed by atoms with van der Waals surface area (Å²) in [5, 5.41) is 9.02. The first-order valence-electron chi connectivity index (χ1n) is 11.3. The highest BCUT2D eigenvalue weighted by molar-refractivity contribution is 5.96. The van der Waals surface area contributed by atoms with E-state index >= 15 is 0 Å². The molecule has 1 heterocycles. The van der Waals surface area contributed by atoms with Crippen LogP contribution in [0.3, 0.4) is 0 Å². The van der Waals surface area contributed by atoms with Crippen LogP contribution in [0.5, 0.6) is 0 Å². The molecule has 8 nitrogen and oxygen atoms in total. The molecule has 0 aromatic carbocycles. The molecule has 174 valence electrons. The average molecular weight is 434 g/mol. The van der Waals surface area contributed by atoms with E-state index in [1.54, 1.807) is 27.0 Å².